The Bertz CT molecular complexity index is 557. The minimum Gasteiger partial charge on any atom is -0.493 e. The lowest BCUT2D eigenvalue weighted by Crippen LogP contribution is -2.41. The number of amides is 1. The molecule has 1 fully saturated rings. The maximum absolute atomic E-state index is 12.4. The first-order valence-electron chi connectivity index (χ1n) is 7.89. The Hall–Kier alpha value is -2.17. The molecule has 0 spiro atoms. The molecule has 0 bridgehead atoms. The first-order chi connectivity index (χ1) is 11.1. The number of methoxy groups -OCH3 is 3. The van der Waals surface area contributed by atoms with Crippen LogP contribution < -0.4 is 14.2 Å². The van der Waals surface area contributed by atoms with Gasteiger partial charge in [0.15, 0.2) is 11.5 Å². The van der Waals surface area contributed by atoms with Crippen LogP contribution in [0.5, 0.6) is 17.2 Å². The van der Waals surface area contributed by atoms with Gasteiger partial charge in [-0.3, -0.25) is 4.79 Å². The average Bonchev–Trinajstić information content (AvgIpc) is 2.58. The third-order valence-electron chi connectivity index (χ3n) is 4.19. The molecule has 1 aliphatic rings. The molecule has 1 aromatic carbocycles. The molecule has 1 heterocycles. The van der Waals surface area contributed by atoms with Crippen LogP contribution in [-0.2, 0) is 4.79 Å². The van der Waals surface area contributed by atoms with Crippen LogP contribution in [0.4, 0.5) is 0 Å². The first kappa shape index (κ1) is 17.2. The molecule has 5 nitrogen and oxygen atoms in total. The number of nitrogens with zero attached hydrogens (tertiary/aromatic N) is 1. The Kier molecular flexibility index (Phi) is 5.90. The minimum atomic E-state index is 0.0472. The van der Waals surface area contributed by atoms with Crippen molar-refractivity contribution in [2.24, 2.45) is 0 Å². The summed E-state index contributed by atoms with van der Waals surface area (Å²) in [7, 11) is 4.72. The van der Waals surface area contributed by atoms with Gasteiger partial charge in [0.1, 0.15) is 0 Å². The second-order valence-corrected chi connectivity index (χ2v) is 5.67. The largest absolute Gasteiger partial charge is 0.493 e. The van der Waals surface area contributed by atoms with Gasteiger partial charge in [0.2, 0.25) is 11.7 Å². The summed E-state index contributed by atoms with van der Waals surface area (Å²) in [6.07, 6.45) is 6.75. The van der Waals surface area contributed by atoms with Gasteiger partial charge < -0.3 is 19.1 Å². The summed E-state index contributed by atoms with van der Waals surface area (Å²) in [5, 5.41) is 0. The van der Waals surface area contributed by atoms with Gasteiger partial charge in [0, 0.05) is 18.7 Å². The van der Waals surface area contributed by atoms with Crippen LogP contribution in [0.1, 0.15) is 31.7 Å². The molecule has 23 heavy (non-hydrogen) atoms. The van der Waals surface area contributed by atoms with Gasteiger partial charge in [-0.1, -0.05) is 0 Å². The molecule has 1 saturated heterocycles. The summed E-state index contributed by atoms with van der Waals surface area (Å²) in [5.41, 5.74) is 0.831. The second-order valence-electron chi connectivity index (χ2n) is 5.67. The maximum atomic E-state index is 12.4. The average molecular weight is 319 g/mol. The van der Waals surface area contributed by atoms with E-state index in [0.717, 1.165) is 24.9 Å². The van der Waals surface area contributed by atoms with Crippen LogP contribution in [0.25, 0.3) is 6.08 Å². The van der Waals surface area contributed by atoms with E-state index in [1.54, 1.807) is 33.5 Å². The summed E-state index contributed by atoms with van der Waals surface area (Å²) < 4.78 is 15.9. The van der Waals surface area contributed by atoms with Crippen molar-refractivity contribution >= 4 is 12.0 Å². The van der Waals surface area contributed by atoms with Crippen molar-refractivity contribution in [2.75, 3.05) is 27.9 Å². The fraction of sp³-hybridized carbons (Fsp3) is 0.500. The van der Waals surface area contributed by atoms with Crippen LogP contribution in [-0.4, -0.2) is 44.7 Å². The van der Waals surface area contributed by atoms with Crippen molar-refractivity contribution in [1.29, 1.82) is 0 Å². The molecule has 1 atom stereocenters. The Morgan fingerprint density at radius 2 is 1.78 bits per heavy atom. The molecule has 126 valence electrons. The van der Waals surface area contributed by atoms with Gasteiger partial charge >= 0.3 is 0 Å². The number of rotatable bonds is 5. The van der Waals surface area contributed by atoms with Gasteiger partial charge in [-0.25, -0.2) is 0 Å². The molecule has 0 radical (unpaired) electrons. The van der Waals surface area contributed by atoms with Gasteiger partial charge in [-0.15, -0.1) is 0 Å². The lowest BCUT2D eigenvalue weighted by Gasteiger charge is -2.32. The maximum Gasteiger partial charge on any atom is 0.246 e. The van der Waals surface area contributed by atoms with E-state index in [4.69, 9.17) is 14.2 Å². The van der Waals surface area contributed by atoms with Gasteiger partial charge in [-0.2, -0.15) is 0 Å². The number of piperidine rings is 1. The molecular formula is C18H25NO4. The van der Waals surface area contributed by atoms with Crippen molar-refractivity contribution in [3.05, 3.63) is 23.8 Å². The molecule has 2 rings (SSSR count). The number of carbonyl (C=O) groups excluding carboxylic acids is 1. The van der Waals surface area contributed by atoms with Crippen molar-refractivity contribution in [3.8, 4) is 17.2 Å². The molecule has 1 aromatic rings. The zero-order chi connectivity index (χ0) is 16.8. The second kappa shape index (κ2) is 7.90. The van der Waals surface area contributed by atoms with E-state index >= 15 is 0 Å². The molecule has 1 unspecified atom stereocenters. The van der Waals surface area contributed by atoms with E-state index in [1.807, 2.05) is 17.0 Å². The summed E-state index contributed by atoms with van der Waals surface area (Å²) in [6.45, 7) is 2.93. The standard InChI is InChI=1S/C18H25NO4/c1-13-7-5-6-10-19(13)17(20)9-8-14-11-15(21-2)18(23-4)16(12-14)22-3/h8-9,11-13H,5-7,10H2,1-4H3. The zero-order valence-electron chi connectivity index (χ0n) is 14.3. The van der Waals surface area contributed by atoms with E-state index in [0.29, 0.717) is 23.3 Å². The number of hydrogen-bond acceptors (Lipinski definition) is 4. The van der Waals surface area contributed by atoms with E-state index in [-0.39, 0.29) is 5.91 Å². The molecule has 0 N–H and O–H groups in total. The molecule has 0 aliphatic carbocycles. The van der Waals surface area contributed by atoms with Crippen molar-refractivity contribution in [2.45, 2.75) is 32.2 Å². The Balaban J connectivity index is 2.20. The van der Waals surface area contributed by atoms with Crippen LogP contribution in [0.2, 0.25) is 0 Å². The van der Waals surface area contributed by atoms with Gasteiger partial charge in [0.25, 0.3) is 0 Å². The number of benzene rings is 1. The lowest BCUT2D eigenvalue weighted by atomic mass is 10.0. The quantitative estimate of drug-likeness (QED) is 0.782. The van der Waals surface area contributed by atoms with E-state index < -0.39 is 0 Å². The molecular weight excluding hydrogens is 294 g/mol. The number of ether oxygens (including phenoxy) is 3. The zero-order valence-corrected chi connectivity index (χ0v) is 14.3. The first-order valence-corrected chi connectivity index (χ1v) is 7.89. The van der Waals surface area contributed by atoms with Gasteiger partial charge in [-0.05, 0) is 50.0 Å². The fourth-order valence-corrected chi connectivity index (χ4v) is 2.89. The van der Waals surface area contributed by atoms with E-state index in [9.17, 15) is 4.79 Å². The molecule has 1 amide bonds. The Morgan fingerprint density at radius 3 is 2.30 bits per heavy atom. The van der Waals surface area contributed by atoms with Crippen molar-refractivity contribution < 1.29 is 19.0 Å². The molecule has 1 aliphatic heterocycles. The number of likely N-dealkylation sites (tertiary alicyclic amines) is 1. The highest BCUT2D eigenvalue weighted by Crippen LogP contribution is 2.38. The van der Waals surface area contributed by atoms with Crippen molar-refractivity contribution in [1.82, 2.24) is 4.90 Å². The summed E-state index contributed by atoms with van der Waals surface area (Å²) >= 11 is 0. The normalized spacial score (nSPS) is 18.1. The Labute approximate surface area is 137 Å². The highest BCUT2D eigenvalue weighted by atomic mass is 16.5. The third-order valence-corrected chi connectivity index (χ3v) is 4.19. The minimum absolute atomic E-state index is 0.0472. The molecule has 0 aromatic heterocycles. The molecule has 0 saturated carbocycles. The third kappa shape index (κ3) is 3.97. The number of hydrogen-bond donors (Lipinski definition) is 0. The highest BCUT2D eigenvalue weighted by Gasteiger charge is 2.21. The summed E-state index contributed by atoms with van der Waals surface area (Å²) in [6, 6.07) is 3.95. The SMILES string of the molecule is COc1cc(C=CC(=O)N2CCCCC2C)cc(OC)c1OC. The Morgan fingerprint density at radius 1 is 1.13 bits per heavy atom. The molecule has 5 heteroatoms. The van der Waals surface area contributed by atoms with Crippen LogP contribution in [0, 0.1) is 0 Å². The fourth-order valence-electron chi connectivity index (χ4n) is 2.89. The predicted octanol–water partition coefficient (Wildman–Crippen LogP) is 3.13. The topological polar surface area (TPSA) is 48.0 Å². The smallest absolute Gasteiger partial charge is 0.246 e. The monoisotopic (exact) mass is 319 g/mol. The van der Waals surface area contributed by atoms with Crippen LogP contribution in [0.15, 0.2) is 18.2 Å². The number of carbonyl (C=O) groups is 1. The van der Waals surface area contributed by atoms with Crippen LogP contribution in [0.3, 0.4) is 0 Å². The predicted molar refractivity (Wildman–Crippen MR) is 90.2 cm³/mol. The summed E-state index contributed by atoms with van der Waals surface area (Å²) in [4.78, 5) is 14.3. The lowest BCUT2D eigenvalue weighted by molar-refractivity contribution is -0.129. The summed E-state index contributed by atoms with van der Waals surface area (Å²) in [5.74, 6) is 1.74. The highest BCUT2D eigenvalue weighted by molar-refractivity contribution is 5.92. The van der Waals surface area contributed by atoms with Crippen LogP contribution >= 0.6 is 0 Å². The van der Waals surface area contributed by atoms with Gasteiger partial charge in [0.05, 0.1) is 21.3 Å². The van der Waals surface area contributed by atoms with E-state index in [1.165, 1.54) is 6.42 Å². The van der Waals surface area contributed by atoms with E-state index in [2.05, 4.69) is 6.92 Å². The van der Waals surface area contributed by atoms with Crippen molar-refractivity contribution in [3.63, 3.8) is 0 Å².